The quantitative estimate of drug-likeness (QED) is 0.936. The van der Waals surface area contributed by atoms with E-state index in [1.807, 2.05) is 0 Å². The maximum atomic E-state index is 5.99. The summed E-state index contributed by atoms with van der Waals surface area (Å²) in [5.41, 5.74) is 7.03. The summed E-state index contributed by atoms with van der Waals surface area (Å²) in [6, 6.07) is 2.47. The monoisotopic (exact) mass is 276 g/mol. The van der Waals surface area contributed by atoms with Crippen LogP contribution in [-0.4, -0.2) is 29.1 Å². The summed E-state index contributed by atoms with van der Waals surface area (Å²) < 4.78 is 1.19. The Bertz CT molecular complexity index is 553. The highest BCUT2D eigenvalue weighted by atomic mass is 32.1. The second-order valence-electron chi connectivity index (χ2n) is 5.21. The van der Waals surface area contributed by atoms with E-state index in [0.717, 1.165) is 23.8 Å². The van der Waals surface area contributed by atoms with Crippen LogP contribution in [0.4, 0.5) is 5.82 Å². The van der Waals surface area contributed by atoms with Crippen molar-refractivity contribution in [3.63, 3.8) is 0 Å². The van der Waals surface area contributed by atoms with Crippen molar-refractivity contribution < 1.29 is 0 Å². The maximum absolute atomic E-state index is 5.99. The molecule has 0 bridgehead atoms. The van der Waals surface area contributed by atoms with Gasteiger partial charge < -0.3 is 10.6 Å². The van der Waals surface area contributed by atoms with Crippen molar-refractivity contribution in [1.82, 2.24) is 9.97 Å². The van der Waals surface area contributed by atoms with E-state index in [9.17, 15) is 0 Å². The van der Waals surface area contributed by atoms with Crippen LogP contribution in [0.1, 0.15) is 26.2 Å². The minimum Gasteiger partial charge on any atom is -0.351 e. The third kappa shape index (κ3) is 2.32. The lowest BCUT2D eigenvalue weighted by molar-refractivity contribution is 0.335. The molecule has 0 spiro atoms. The third-order valence-electron chi connectivity index (χ3n) is 4.17. The van der Waals surface area contributed by atoms with Crippen LogP contribution in [0.3, 0.4) is 0 Å². The first-order valence-corrected chi connectivity index (χ1v) is 7.86. The van der Waals surface area contributed by atoms with Crippen LogP contribution in [0.15, 0.2) is 17.8 Å². The summed E-state index contributed by atoms with van der Waals surface area (Å²) >= 11 is 1.72. The van der Waals surface area contributed by atoms with Crippen molar-refractivity contribution >= 4 is 27.4 Å². The molecule has 0 amide bonds. The fourth-order valence-corrected chi connectivity index (χ4v) is 3.84. The standard InChI is InChI=1S/C14H20N4S/c1-2-10-3-5-18(11(7-10)8-15)14-13-12(4-6-19-13)16-9-17-14/h4,6,9-11H,2-3,5,7-8,15H2,1H3. The molecule has 0 aromatic carbocycles. The van der Waals surface area contributed by atoms with Crippen LogP contribution in [0.25, 0.3) is 10.2 Å². The zero-order valence-corrected chi connectivity index (χ0v) is 12.1. The van der Waals surface area contributed by atoms with Gasteiger partial charge in [0.15, 0.2) is 0 Å². The fourth-order valence-electron chi connectivity index (χ4n) is 2.99. The number of hydrogen-bond acceptors (Lipinski definition) is 5. The van der Waals surface area contributed by atoms with Crippen LogP contribution in [0.5, 0.6) is 0 Å². The second-order valence-corrected chi connectivity index (χ2v) is 6.13. The molecule has 0 aliphatic carbocycles. The minimum absolute atomic E-state index is 0.416. The molecular formula is C14H20N4S. The number of fused-ring (bicyclic) bond motifs is 1. The van der Waals surface area contributed by atoms with Crippen LogP contribution in [0, 0.1) is 5.92 Å². The summed E-state index contributed by atoms with van der Waals surface area (Å²) in [5, 5.41) is 2.08. The van der Waals surface area contributed by atoms with Gasteiger partial charge in [-0.2, -0.15) is 0 Å². The number of thiophene rings is 1. The Morgan fingerprint density at radius 1 is 1.47 bits per heavy atom. The Hall–Kier alpha value is -1.20. The molecule has 1 saturated heterocycles. The van der Waals surface area contributed by atoms with Crippen molar-refractivity contribution in [2.75, 3.05) is 18.0 Å². The van der Waals surface area contributed by atoms with Gasteiger partial charge in [0.05, 0.1) is 10.2 Å². The number of nitrogens with zero attached hydrogens (tertiary/aromatic N) is 3. The minimum atomic E-state index is 0.416. The summed E-state index contributed by atoms with van der Waals surface area (Å²) in [6.45, 7) is 4.04. The van der Waals surface area contributed by atoms with Gasteiger partial charge in [0.25, 0.3) is 0 Å². The molecule has 3 heterocycles. The normalized spacial score (nSPS) is 24.0. The molecule has 2 atom stereocenters. The van der Waals surface area contributed by atoms with Crippen molar-refractivity contribution in [2.24, 2.45) is 11.7 Å². The number of piperidine rings is 1. The van der Waals surface area contributed by atoms with Crippen molar-refractivity contribution in [3.05, 3.63) is 17.8 Å². The summed E-state index contributed by atoms with van der Waals surface area (Å²) in [6.07, 6.45) is 5.35. The topological polar surface area (TPSA) is 55.0 Å². The highest BCUT2D eigenvalue weighted by molar-refractivity contribution is 7.17. The lowest BCUT2D eigenvalue weighted by Gasteiger charge is -2.39. The van der Waals surface area contributed by atoms with E-state index >= 15 is 0 Å². The molecule has 3 rings (SSSR count). The molecule has 0 saturated carbocycles. The Morgan fingerprint density at radius 2 is 2.37 bits per heavy atom. The molecule has 2 aromatic heterocycles. The van der Waals surface area contributed by atoms with E-state index in [4.69, 9.17) is 5.73 Å². The first-order chi connectivity index (χ1) is 9.33. The largest absolute Gasteiger partial charge is 0.351 e. The highest BCUT2D eigenvalue weighted by Gasteiger charge is 2.28. The van der Waals surface area contributed by atoms with Gasteiger partial charge >= 0.3 is 0 Å². The van der Waals surface area contributed by atoms with E-state index in [1.54, 1.807) is 17.7 Å². The molecule has 19 heavy (non-hydrogen) atoms. The van der Waals surface area contributed by atoms with Gasteiger partial charge in [0.1, 0.15) is 12.1 Å². The molecule has 102 valence electrons. The van der Waals surface area contributed by atoms with Crippen molar-refractivity contribution in [2.45, 2.75) is 32.2 Å². The van der Waals surface area contributed by atoms with Crippen molar-refractivity contribution in [3.8, 4) is 0 Å². The fraction of sp³-hybridized carbons (Fsp3) is 0.571. The van der Waals surface area contributed by atoms with Crippen molar-refractivity contribution in [1.29, 1.82) is 0 Å². The average Bonchev–Trinajstić information content (AvgIpc) is 2.95. The molecule has 2 N–H and O–H groups in total. The van der Waals surface area contributed by atoms with Gasteiger partial charge in [-0.15, -0.1) is 11.3 Å². The zero-order valence-electron chi connectivity index (χ0n) is 11.2. The number of rotatable bonds is 3. The predicted octanol–water partition coefficient (Wildman–Crippen LogP) is 2.65. The first-order valence-electron chi connectivity index (χ1n) is 6.98. The Morgan fingerprint density at radius 3 is 3.16 bits per heavy atom. The van der Waals surface area contributed by atoms with Gasteiger partial charge in [-0.25, -0.2) is 9.97 Å². The summed E-state index contributed by atoms with van der Waals surface area (Å²) in [5.74, 6) is 1.88. The summed E-state index contributed by atoms with van der Waals surface area (Å²) in [4.78, 5) is 11.2. The zero-order chi connectivity index (χ0) is 13.2. The first kappa shape index (κ1) is 12.8. The molecule has 1 fully saturated rings. The van der Waals surface area contributed by atoms with Crippen LogP contribution < -0.4 is 10.6 Å². The van der Waals surface area contributed by atoms with Crippen LogP contribution in [0.2, 0.25) is 0 Å². The van der Waals surface area contributed by atoms with Gasteiger partial charge in [-0.1, -0.05) is 13.3 Å². The Labute approximate surface area is 117 Å². The molecule has 2 unspecified atom stereocenters. The van der Waals surface area contributed by atoms with Gasteiger partial charge in [-0.05, 0) is 30.2 Å². The lowest BCUT2D eigenvalue weighted by atomic mass is 9.89. The molecule has 2 aromatic rings. The molecular weight excluding hydrogens is 256 g/mol. The predicted molar refractivity (Wildman–Crippen MR) is 80.6 cm³/mol. The smallest absolute Gasteiger partial charge is 0.150 e. The number of hydrogen-bond donors (Lipinski definition) is 1. The third-order valence-corrected chi connectivity index (χ3v) is 5.07. The molecule has 5 heteroatoms. The SMILES string of the molecule is CCC1CCN(c2ncnc3ccsc23)C(CN)C1. The molecule has 0 radical (unpaired) electrons. The van der Waals surface area contributed by atoms with Gasteiger partial charge in [0, 0.05) is 19.1 Å². The molecule has 1 aliphatic heterocycles. The average molecular weight is 276 g/mol. The number of nitrogens with two attached hydrogens (primary N) is 1. The van der Waals surface area contributed by atoms with E-state index in [-0.39, 0.29) is 0 Å². The highest BCUT2D eigenvalue weighted by Crippen LogP contribution is 2.33. The second kappa shape index (κ2) is 5.43. The van der Waals surface area contributed by atoms with Crippen LogP contribution in [-0.2, 0) is 0 Å². The molecule has 4 nitrogen and oxygen atoms in total. The molecule has 1 aliphatic rings. The van der Waals surface area contributed by atoms with E-state index in [1.165, 1.54) is 24.0 Å². The number of aromatic nitrogens is 2. The lowest BCUT2D eigenvalue weighted by Crippen LogP contribution is -2.47. The van der Waals surface area contributed by atoms with E-state index in [2.05, 4.69) is 33.2 Å². The van der Waals surface area contributed by atoms with E-state index in [0.29, 0.717) is 12.6 Å². The Kier molecular flexibility index (Phi) is 3.66. The maximum Gasteiger partial charge on any atom is 0.150 e. The Balaban J connectivity index is 1.94. The number of anilines is 1. The van der Waals surface area contributed by atoms with Gasteiger partial charge in [0.2, 0.25) is 0 Å². The van der Waals surface area contributed by atoms with E-state index < -0.39 is 0 Å². The van der Waals surface area contributed by atoms with Crippen LogP contribution >= 0.6 is 11.3 Å². The summed E-state index contributed by atoms with van der Waals surface area (Å²) in [7, 11) is 0. The van der Waals surface area contributed by atoms with Gasteiger partial charge in [-0.3, -0.25) is 0 Å².